The summed E-state index contributed by atoms with van der Waals surface area (Å²) < 4.78 is 4.81. The highest BCUT2D eigenvalue weighted by atomic mass is 16.6. The van der Waals surface area contributed by atoms with E-state index in [4.69, 9.17) is 4.74 Å². The Balaban J connectivity index is 3.13. The molecule has 0 aromatic heterocycles. The van der Waals surface area contributed by atoms with E-state index in [2.05, 4.69) is 0 Å². The molecule has 0 saturated heterocycles. The Kier molecular flexibility index (Phi) is 5.79. The Labute approximate surface area is 121 Å². The first-order valence-corrected chi connectivity index (χ1v) is 6.24. The predicted molar refractivity (Wildman–Crippen MR) is 73.8 cm³/mol. The molecule has 0 bridgehead atoms. The first-order chi connectivity index (χ1) is 9.92. The van der Waals surface area contributed by atoms with Crippen molar-refractivity contribution in [3.8, 4) is 0 Å². The molecule has 1 N–H and O–H groups in total. The van der Waals surface area contributed by atoms with Crippen molar-refractivity contribution >= 4 is 23.3 Å². The zero-order valence-corrected chi connectivity index (χ0v) is 11.7. The number of aliphatic hydroxyl groups excluding tert-OH is 1. The van der Waals surface area contributed by atoms with E-state index in [-0.39, 0.29) is 18.0 Å². The molecule has 0 aliphatic heterocycles. The highest BCUT2D eigenvalue weighted by Crippen LogP contribution is 2.22. The molecule has 1 rings (SSSR count). The first-order valence-electron chi connectivity index (χ1n) is 6.24. The molecule has 1 atom stereocenters. The monoisotopic (exact) mass is 296 g/mol. The van der Waals surface area contributed by atoms with E-state index >= 15 is 0 Å². The second-order valence-corrected chi connectivity index (χ2v) is 4.11. The second-order valence-electron chi connectivity index (χ2n) is 4.11. The summed E-state index contributed by atoms with van der Waals surface area (Å²) in [5, 5.41) is 20.0. The third-order valence-electron chi connectivity index (χ3n) is 2.72. The van der Waals surface area contributed by atoms with Crippen molar-refractivity contribution in [3.05, 3.63) is 34.4 Å². The minimum Gasteiger partial charge on any atom is -0.464 e. The van der Waals surface area contributed by atoms with Crippen molar-refractivity contribution in [2.45, 2.75) is 19.9 Å². The molecule has 8 nitrogen and oxygen atoms in total. The number of non-ortho nitro benzene ring substituents is 1. The summed E-state index contributed by atoms with van der Waals surface area (Å²) in [6.07, 6.45) is 0. The maximum Gasteiger partial charge on any atom is 0.331 e. The van der Waals surface area contributed by atoms with Gasteiger partial charge >= 0.3 is 5.97 Å². The Hall–Kier alpha value is -2.48. The zero-order chi connectivity index (χ0) is 16.0. The molecule has 0 fully saturated rings. The molecule has 114 valence electrons. The topological polar surface area (TPSA) is 110 Å². The number of amides is 1. The second kappa shape index (κ2) is 7.34. The Morgan fingerprint density at radius 3 is 2.33 bits per heavy atom. The number of esters is 1. The number of ether oxygens (including phenoxy) is 1. The fraction of sp³-hybridized carbons (Fsp3) is 0.385. The third kappa shape index (κ3) is 3.99. The number of rotatable bonds is 6. The van der Waals surface area contributed by atoms with Gasteiger partial charge in [0.2, 0.25) is 5.91 Å². The quantitative estimate of drug-likeness (QED) is 0.474. The van der Waals surface area contributed by atoms with E-state index in [9.17, 15) is 24.8 Å². The maximum absolute atomic E-state index is 11.8. The van der Waals surface area contributed by atoms with Gasteiger partial charge in [0.15, 0.2) is 6.04 Å². The minimum atomic E-state index is -1.19. The minimum absolute atomic E-state index is 0.112. The van der Waals surface area contributed by atoms with Gasteiger partial charge in [0.05, 0.1) is 18.1 Å². The molecule has 0 spiro atoms. The number of hydrogen-bond donors (Lipinski definition) is 1. The largest absolute Gasteiger partial charge is 0.464 e. The molecular formula is C13H16N2O6. The van der Waals surface area contributed by atoms with Crippen molar-refractivity contribution < 1.29 is 24.4 Å². The Morgan fingerprint density at radius 2 is 1.95 bits per heavy atom. The number of nitro benzene ring substituents is 1. The fourth-order valence-electron chi connectivity index (χ4n) is 1.82. The van der Waals surface area contributed by atoms with Crippen LogP contribution in [0.15, 0.2) is 24.3 Å². The lowest BCUT2D eigenvalue weighted by Crippen LogP contribution is -2.47. The summed E-state index contributed by atoms with van der Waals surface area (Å²) in [7, 11) is 0. The molecule has 1 aromatic carbocycles. The van der Waals surface area contributed by atoms with Crippen LogP contribution >= 0.6 is 0 Å². The van der Waals surface area contributed by atoms with Gasteiger partial charge in [-0.1, -0.05) is 0 Å². The van der Waals surface area contributed by atoms with Gasteiger partial charge in [0.1, 0.15) is 0 Å². The molecule has 0 heterocycles. The lowest BCUT2D eigenvalue weighted by atomic mass is 10.2. The van der Waals surface area contributed by atoms with Crippen LogP contribution in [0.4, 0.5) is 11.4 Å². The number of benzene rings is 1. The fourth-order valence-corrected chi connectivity index (χ4v) is 1.82. The van der Waals surface area contributed by atoms with E-state index in [0.29, 0.717) is 0 Å². The van der Waals surface area contributed by atoms with Crippen LogP contribution in [0, 0.1) is 10.1 Å². The van der Waals surface area contributed by atoms with Gasteiger partial charge in [0.25, 0.3) is 5.69 Å². The Morgan fingerprint density at radius 1 is 1.38 bits per heavy atom. The highest BCUT2D eigenvalue weighted by molar-refractivity contribution is 5.98. The van der Waals surface area contributed by atoms with Crippen molar-refractivity contribution in [3.63, 3.8) is 0 Å². The van der Waals surface area contributed by atoms with Gasteiger partial charge in [-0.25, -0.2) is 4.79 Å². The SMILES string of the molecule is CCOC(=O)[C@H](CO)N(C(C)=O)c1ccc([N+](=O)[O-])cc1. The summed E-state index contributed by atoms with van der Waals surface area (Å²) in [5.74, 6) is -1.23. The standard InChI is InChI=1S/C13H16N2O6/c1-3-21-13(18)12(8-16)14(9(2)17)10-4-6-11(7-5-10)15(19)20/h4-7,12,16H,3,8H2,1-2H3/t12-/m0/s1. The van der Waals surface area contributed by atoms with Crippen molar-refractivity contribution in [1.29, 1.82) is 0 Å². The maximum atomic E-state index is 11.8. The predicted octanol–water partition coefficient (Wildman–Crippen LogP) is 0.872. The molecule has 0 saturated carbocycles. The van der Waals surface area contributed by atoms with Crippen LogP contribution in [0.5, 0.6) is 0 Å². The van der Waals surface area contributed by atoms with E-state index in [1.54, 1.807) is 6.92 Å². The van der Waals surface area contributed by atoms with Crippen LogP contribution in [0.25, 0.3) is 0 Å². The van der Waals surface area contributed by atoms with Gasteiger partial charge in [-0.15, -0.1) is 0 Å². The Bertz CT molecular complexity index is 528. The molecule has 21 heavy (non-hydrogen) atoms. The van der Waals surface area contributed by atoms with Crippen LogP contribution in [-0.2, 0) is 14.3 Å². The van der Waals surface area contributed by atoms with Crippen LogP contribution in [0.2, 0.25) is 0 Å². The van der Waals surface area contributed by atoms with Crippen molar-refractivity contribution in [2.24, 2.45) is 0 Å². The molecule has 0 unspecified atom stereocenters. The summed E-state index contributed by atoms with van der Waals surface area (Å²) in [5.41, 5.74) is 0.124. The van der Waals surface area contributed by atoms with Gasteiger partial charge < -0.3 is 9.84 Å². The van der Waals surface area contributed by atoms with E-state index in [1.165, 1.54) is 31.2 Å². The number of carbonyl (C=O) groups excluding carboxylic acids is 2. The average Bonchev–Trinajstić information content (AvgIpc) is 2.44. The van der Waals surface area contributed by atoms with Crippen LogP contribution < -0.4 is 4.90 Å². The first kappa shape index (κ1) is 16.6. The van der Waals surface area contributed by atoms with E-state index in [1.807, 2.05) is 0 Å². The zero-order valence-electron chi connectivity index (χ0n) is 11.7. The summed E-state index contributed by atoms with van der Waals surface area (Å²) in [6.45, 7) is 2.33. The van der Waals surface area contributed by atoms with Gasteiger partial charge in [-0.3, -0.25) is 19.8 Å². The van der Waals surface area contributed by atoms with E-state index in [0.717, 1.165) is 4.90 Å². The van der Waals surface area contributed by atoms with E-state index < -0.39 is 29.4 Å². The third-order valence-corrected chi connectivity index (χ3v) is 2.72. The highest BCUT2D eigenvalue weighted by Gasteiger charge is 2.30. The molecule has 1 amide bonds. The number of nitrogens with zero attached hydrogens (tertiary/aromatic N) is 2. The van der Waals surface area contributed by atoms with Crippen LogP contribution in [0.1, 0.15) is 13.8 Å². The van der Waals surface area contributed by atoms with Crippen LogP contribution in [0.3, 0.4) is 0 Å². The lowest BCUT2D eigenvalue weighted by Gasteiger charge is -2.27. The summed E-state index contributed by atoms with van der Waals surface area (Å²) in [6, 6.07) is 3.90. The van der Waals surface area contributed by atoms with Gasteiger partial charge in [-0.05, 0) is 19.1 Å². The number of carbonyl (C=O) groups is 2. The van der Waals surface area contributed by atoms with Crippen molar-refractivity contribution in [1.82, 2.24) is 0 Å². The van der Waals surface area contributed by atoms with Gasteiger partial charge in [-0.2, -0.15) is 0 Å². The molecule has 0 aliphatic rings. The average molecular weight is 296 g/mol. The van der Waals surface area contributed by atoms with Gasteiger partial charge in [0, 0.05) is 24.7 Å². The molecular weight excluding hydrogens is 280 g/mol. The lowest BCUT2D eigenvalue weighted by molar-refractivity contribution is -0.384. The summed E-state index contributed by atoms with van der Waals surface area (Å²) in [4.78, 5) is 34.6. The molecule has 1 aromatic rings. The van der Waals surface area contributed by atoms with Crippen LogP contribution in [-0.4, -0.2) is 41.2 Å². The molecule has 8 heteroatoms. The summed E-state index contributed by atoms with van der Waals surface area (Å²) >= 11 is 0. The number of hydrogen-bond acceptors (Lipinski definition) is 6. The number of aliphatic hydroxyl groups is 1. The number of anilines is 1. The smallest absolute Gasteiger partial charge is 0.331 e. The molecule has 0 aliphatic carbocycles. The normalized spacial score (nSPS) is 11.6. The molecule has 0 radical (unpaired) electrons. The van der Waals surface area contributed by atoms with Crippen molar-refractivity contribution in [2.75, 3.05) is 18.1 Å². The number of nitro groups is 1.